The quantitative estimate of drug-likeness (QED) is 0.104. The minimum absolute atomic E-state index is 0.203. The number of hydrogen-bond donors (Lipinski definition) is 0. The predicted molar refractivity (Wildman–Crippen MR) is 150 cm³/mol. The van der Waals surface area contributed by atoms with Gasteiger partial charge in [0.2, 0.25) is 0 Å². The summed E-state index contributed by atoms with van der Waals surface area (Å²) < 4.78 is 11.8. The molecule has 0 unspecified atom stereocenters. The third-order valence-corrected chi connectivity index (χ3v) is 14.2. The standard InChI is InChI=1S/C28H49ClO3SSi/c1-8-9-10-11-12-13-16-23-22(17-14-15-21-18-19-26(33-21)27(30)31-5)24(29)20-25(23)32-34(6,7)28(2,3)4/h18-19,22-25H,8-17,20H2,1-7H3/t22-,23-,24-,25-/m1/s1. The Morgan fingerprint density at radius 3 is 2.35 bits per heavy atom. The molecule has 0 bridgehead atoms. The van der Waals surface area contributed by atoms with Crippen LogP contribution in [0.4, 0.5) is 0 Å². The van der Waals surface area contributed by atoms with Crippen molar-refractivity contribution < 1.29 is 14.0 Å². The van der Waals surface area contributed by atoms with Crippen molar-refractivity contribution in [2.24, 2.45) is 11.8 Å². The maximum Gasteiger partial charge on any atom is 0.348 e. The number of hydrogen-bond acceptors (Lipinski definition) is 4. The molecule has 1 aromatic heterocycles. The van der Waals surface area contributed by atoms with Gasteiger partial charge in [0.1, 0.15) is 4.88 Å². The topological polar surface area (TPSA) is 35.5 Å². The first kappa shape index (κ1) is 29.9. The number of aryl methyl sites for hydroxylation is 1. The average molecular weight is 529 g/mol. The summed E-state index contributed by atoms with van der Waals surface area (Å²) in [5.41, 5.74) is 0. The van der Waals surface area contributed by atoms with E-state index in [0.717, 1.165) is 25.7 Å². The molecule has 1 saturated carbocycles. The van der Waals surface area contributed by atoms with Crippen molar-refractivity contribution in [1.82, 2.24) is 0 Å². The summed E-state index contributed by atoms with van der Waals surface area (Å²) >= 11 is 8.57. The number of thiophene rings is 1. The normalized spacial score (nSPS) is 23.4. The van der Waals surface area contributed by atoms with E-state index in [2.05, 4.69) is 46.9 Å². The van der Waals surface area contributed by atoms with E-state index in [1.54, 1.807) is 11.3 Å². The van der Waals surface area contributed by atoms with Gasteiger partial charge in [-0.3, -0.25) is 0 Å². The van der Waals surface area contributed by atoms with Crippen LogP contribution in [0.2, 0.25) is 18.1 Å². The summed E-state index contributed by atoms with van der Waals surface area (Å²) in [6.45, 7) is 14.0. The number of rotatable bonds is 14. The first-order valence-corrected chi connectivity index (χ1v) is 17.6. The van der Waals surface area contributed by atoms with Gasteiger partial charge in [0.25, 0.3) is 0 Å². The van der Waals surface area contributed by atoms with Gasteiger partial charge in [-0.2, -0.15) is 0 Å². The molecule has 0 spiro atoms. The number of carbonyl (C=O) groups is 1. The number of carbonyl (C=O) groups excluding carboxylic acids is 1. The molecule has 1 fully saturated rings. The Morgan fingerprint density at radius 1 is 1.06 bits per heavy atom. The SMILES string of the molecule is CCCCCCCC[C@@H]1[C@@H](CCCc2ccc(C(=O)OC)s2)[C@H](Cl)C[C@H]1O[Si](C)(C)C(C)(C)C. The lowest BCUT2D eigenvalue weighted by molar-refractivity contribution is 0.0606. The van der Waals surface area contributed by atoms with E-state index in [9.17, 15) is 4.79 Å². The van der Waals surface area contributed by atoms with Crippen molar-refractivity contribution in [1.29, 1.82) is 0 Å². The lowest BCUT2D eigenvalue weighted by Crippen LogP contribution is -2.45. The molecule has 3 nitrogen and oxygen atoms in total. The van der Waals surface area contributed by atoms with Gasteiger partial charge in [0, 0.05) is 16.4 Å². The molecule has 196 valence electrons. The molecule has 0 radical (unpaired) electrons. The van der Waals surface area contributed by atoms with Gasteiger partial charge < -0.3 is 9.16 Å². The molecule has 0 amide bonds. The highest BCUT2D eigenvalue weighted by Crippen LogP contribution is 2.47. The number of ether oxygens (including phenoxy) is 1. The highest BCUT2D eigenvalue weighted by molar-refractivity contribution is 7.13. The average Bonchev–Trinajstić information content (AvgIpc) is 3.34. The summed E-state index contributed by atoms with van der Waals surface area (Å²) in [6.07, 6.45) is 13.8. The molecule has 0 N–H and O–H groups in total. The van der Waals surface area contributed by atoms with Crippen molar-refractivity contribution in [3.05, 3.63) is 21.9 Å². The van der Waals surface area contributed by atoms with Gasteiger partial charge in [0.05, 0.1) is 7.11 Å². The van der Waals surface area contributed by atoms with Crippen LogP contribution in [0.25, 0.3) is 0 Å². The first-order valence-electron chi connectivity index (χ1n) is 13.5. The molecule has 2 rings (SSSR count). The van der Waals surface area contributed by atoms with Crippen LogP contribution in [0.5, 0.6) is 0 Å². The molecule has 1 aromatic rings. The Bertz CT molecular complexity index is 742. The monoisotopic (exact) mass is 528 g/mol. The van der Waals surface area contributed by atoms with Gasteiger partial charge in [0.15, 0.2) is 8.32 Å². The molecular formula is C28H49ClO3SSi. The van der Waals surface area contributed by atoms with Gasteiger partial charge in [-0.25, -0.2) is 4.79 Å². The summed E-state index contributed by atoms with van der Waals surface area (Å²) in [5.74, 6) is 0.848. The molecule has 1 aliphatic carbocycles. The molecule has 1 heterocycles. The zero-order chi connectivity index (χ0) is 25.4. The van der Waals surface area contributed by atoms with Crippen LogP contribution in [0, 0.1) is 11.8 Å². The summed E-state index contributed by atoms with van der Waals surface area (Å²) in [4.78, 5) is 13.7. The molecule has 1 aliphatic rings. The maximum atomic E-state index is 11.8. The van der Waals surface area contributed by atoms with Crippen LogP contribution in [-0.4, -0.2) is 32.9 Å². The van der Waals surface area contributed by atoms with Gasteiger partial charge in [-0.15, -0.1) is 22.9 Å². The van der Waals surface area contributed by atoms with Crippen LogP contribution in [-0.2, 0) is 15.6 Å². The molecule has 6 heteroatoms. The van der Waals surface area contributed by atoms with Crippen LogP contribution in [0.1, 0.15) is 106 Å². The minimum atomic E-state index is -1.83. The highest BCUT2D eigenvalue weighted by Gasteiger charge is 2.47. The van der Waals surface area contributed by atoms with Crippen molar-refractivity contribution in [2.75, 3.05) is 7.11 Å². The Labute approximate surface area is 219 Å². The summed E-state index contributed by atoms with van der Waals surface area (Å²) in [6, 6.07) is 3.96. The Kier molecular flexibility index (Phi) is 12.1. The lowest BCUT2D eigenvalue weighted by Gasteiger charge is -2.40. The second-order valence-corrected chi connectivity index (χ2v) is 18.2. The Hall–Kier alpha value is -0.363. The minimum Gasteiger partial charge on any atom is -0.465 e. The number of esters is 1. The first-order chi connectivity index (χ1) is 16.0. The van der Waals surface area contributed by atoms with E-state index in [4.69, 9.17) is 20.8 Å². The smallest absolute Gasteiger partial charge is 0.348 e. The van der Waals surface area contributed by atoms with Gasteiger partial charge in [-0.05, 0) is 74.2 Å². The molecule has 0 saturated heterocycles. The summed E-state index contributed by atoms with van der Waals surface area (Å²) in [7, 11) is -0.393. The van der Waals surface area contributed by atoms with E-state index >= 15 is 0 Å². The van der Waals surface area contributed by atoms with Crippen molar-refractivity contribution in [2.45, 2.75) is 128 Å². The van der Waals surface area contributed by atoms with E-state index in [-0.39, 0.29) is 16.4 Å². The Balaban J connectivity index is 2.00. The molecular weight excluding hydrogens is 480 g/mol. The van der Waals surface area contributed by atoms with Crippen LogP contribution < -0.4 is 0 Å². The molecule has 0 aliphatic heterocycles. The van der Waals surface area contributed by atoms with Crippen molar-refractivity contribution >= 4 is 37.2 Å². The number of methoxy groups -OCH3 is 1. The molecule has 34 heavy (non-hydrogen) atoms. The van der Waals surface area contributed by atoms with Gasteiger partial charge in [-0.1, -0.05) is 66.2 Å². The zero-order valence-corrected chi connectivity index (χ0v) is 25.3. The van der Waals surface area contributed by atoms with E-state index in [1.165, 1.54) is 56.9 Å². The van der Waals surface area contributed by atoms with Crippen LogP contribution in [0.15, 0.2) is 12.1 Å². The lowest BCUT2D eigenvalue weighted by atomic mass is 9.85. The number of alkyl halides is 1. The fraction of sp³-hybridized carbons (Fsp3) is 0.821. The highest BCUT2D eigenvalue weighted by atomic mass is 35.5. The van der Waals surface area contributed by atoms with Crippen LogP contribution >= 0.6 is 22.9 Å². The van der Waals surface area contributed by atoms with Gasteiger partial charge >= 0.3 is 5.97 Å². The fourth-order valence-corrected chi connectivity index (χ4v) is 7.83. The van der Waals surface area contributed by atoms with E-state index in [1.807, 2.05) is 6.07 Å². The zero-order valence-electron chi connectivity index (χ0n) is 22.8. The van der Waals surface area contributed by atoms with E-state index in [0.29, 0.717) is 22.8 Å². The number of halogens is 1. The van der Waals surface area contributed by atoms with Crippen molar-refractivity contribution in [3.8, 4) is 0 Å². The maximum absolute atomic E-state index is 11.8. The number of unbranched alkanes of at least 4 members (excludes halogenated alkanes) is 5. The van der Waals surface area contributed by atoms with Crippen molar-refractivity contribution in [3.63, 3.8) is 0 Å². The second-order valence-electron chi connectivity index (χ2n) is 11.7. The largest absolute Gasteiger partial charge is 0.465 e. The third-order valence-electron chi connectivity index (χ3n) is 8.10. The van der Waals surface area contributed by atoms with E-state index < -0.39 is 8.32 Å². The molecule has 0 aromatic carbocycles. The molecule has 4 atom stereocenters. The second kappa shape index (κ2) is 13.8. The van der Waals surface area contributed by atoms with Crippen LogP contribution in [0.3, 0.4) is 0 Å². The fourth-order valence-electron chi connectivity index (χ4n) is 5.00. The summed E-state index contributed by atoms with van der Waals surface area (Å²) in [5, 5.41) is 0.419. The third kappa shape index (κ3) is 8.64. The Morgan fingerprint density at radius 2 is 1.71 bits per heavy atom. The predicted octanol–water partition coefficient (Wildman–Crippen LogP) is 9.24.